The van der Waals surface area contributed by atoms with Crippen molar-refractivity contribution in [2.45, 2.75) is 44.6 Å². The number of ketones is 2. The summed E-state index contributed by atoms with van der Waals surface area (Å²) in [7, 11) is 0. The summed E-state index contributed by atoms with van der Waals surface area (Å²) in [6, 6.07) is 14.2. The fourth-order valence-electron chi connectivity index (χ4n) is 5.98. The minimum atomic E-state index is -1.29. The number of fused-ring (bicyclic) bond motifs is 5. The highest BCUT2D eigenvalue weighted by molar-refractivity contribution is 6.17. The van der Waals surface area contributed by atoms with Gasteiger partial charge in [0.05, 0.1) is 10.8 Å². The topological polar surface area (TPSA) is 54.4 Å². The third kappa shape index (κ3) is 1.33. The second-order valence-electron chi connectivity index (χ2n) is 8.69. The predicted molar refractivity (Wildman–Crippen MR) is 98.1 cm³/mol. The molecule has 132 valence electrons. The van der Waals surface area contributed by atoms with Gasteiger partial charge in [-0.1, -0.05) is 60.5 Å². The lowest BCUT2D eigenvalue weighted by molar-refractivity contribution is -0.149. The van der Waals surface area contributed by atoms with Gasteiger partial charge in [0.15, 0.2) is 11.6 Å². The Balaban J connectivity index is 1.93. The fraction of sp³-hybridized carbons (Fsp3) is 0.391. The normalized spacial score (nSPS) is 39.6. The molecule has 0 saturated heterocycles. The van der Waals surface area contributed by atoms with Crippen molar-refractivity contribution in [2.75, 3.05) is 0 Å². The van der Waals surface area contributed by atoms with Gasteiger partial charge in [0, 0.05) is 11.3 Å². The smallest absolute Gasteiger partial charge is 0.170 e. The lowest BCUT2D eigenvalue weighted by Gasteiger charge is -2.40. The van der Waals surface area contributed by atoms with Crippen molar-refractivity contribution < 1.29 is 14.7 Å². The number of rotatable bonds is 1. The number of aliphatic hydroxyl groups is 1. The monoisotopic (exact) mass is 346 g/mol. The van der Waals surface area contributed by atoms with E-state index in [9.17, 15) is 14.7 Å². The van der Waals surface area contributed by atoms with Gasteiger partial charge in [0.25, 0.3) is 0 Å². The summed E-state index contributed by atoms with van der Waals surface area (Å²) < 4.78 is 0. The highest BCUT2D eigenvalue weighted by Crippen LogP contribution is 2.80. The Kier molecular flexibility index (Phi) is 2.67. The van der Waals surface area contributed by atoms with E-state index in [1.54, 1.807) is 6.92 Å². The molecule has 2 aromatic rings. The van der Waals surface area contributed by atoms with Gasteiger partial charge < -0.3 is 5.11 Å². The molecule has 0 spiro atoms. The molecule has 0 aromatic heterocycles. The van der Waals surface area contributed by atoms with E-state index >= 15 is 0 Å². The Morgan fingerprint density at radius 2 is 1.46 bits per heavy atom. The average Bonchev–Trinajstić information content (AvgIpc) is 3.21. The molecule has 0 amide bonds. The van der Waals surface area contributed by atoms with Crippen molar-refractivity contribution in [3.63, 3.8) is 0 Å². The number of hydrogen-bond donors (Lipinski definition) is 1. The molecule has 1 N–H and O–H groups in total. The van der Waals surface area contributed by atoms with Crippen LogP contribution < -0.4 is 0 Å². The molecule has 2 fully saturated rings. The molecule has 5 rings (SSSR count). The minimum absolute atomic E-state index is 0.00535. The summed E-state index contributed by atoms with van der Waals surface area (Å²) in [5.41, 5.74) is 2.35. The third-order valence-corrected chi connectivity index (χ3v) is 7.49. The summed E-state index contributed by atoms with van der Waals surface area (Å²) in [5, 5.41) is 10.9. The van der Waals surface area contributed by atoms with Crippen molar-refractivity contribution in [1.82, 2.24) is 0 Å². The fourth-order valence-corrected chi connectivity index (χ4v) is 5.98. The Morgan fingerprint density at radius 3 is 2.12 bits per heavy atom. The lowest BCUT2D eigenvalue weighted by Crippen LogP contribution is -2.56. The summed E-state index contributed by atoms with van der Waals surface area (Å²) in [4.78, 5) is 26.8. The zero-order valence-electron chi connectivity index (χ0n) is 15.5. The van der Waals surface area contributed by atoms with Crippen LogP contribution in [0.2, 0.25) is 0 Å². The van der Waals surface area contributed by atoms with Gasteiger partial charge in [-0.3, -0.25) is 9.59 Å². The predicted octanol–water partition coefficient (Wildman–Crippen LogP) is 3.01. The number of aryl methyl sites for hydroxylation is 2. The molecule has 3 aliphatic rings. The first-order valence-corrected chi connectivity index (χ1v) is 9.17. The molecule has 3 nitrogen and oxygen atoms in total. The molecule has 0 aliphatic heterocycles. The van der Waals surface area contributed by atoms with Gasteiger partial charge in [0.2, 0.25) is 0 Å². The van der Waals surface area contributed by atoms with Crippen LogP contribution in [0, 0.1) is 25.2 Å². The van der Waals surface area contributed by atoms with E-state index in [4.69, 9.17) is 0 Å². The van der Waals surface area contributed by atoms with Crippen LogP contribution in [0.1, 0.15) is 41.7 Å². The first-order valence-electron chi connectivity index (χ1n) is 9.17. The zero-order valence-corrected chi connectivity index (χ0v) is 15.5. The number of Topliss-reactive ketones (excluding diaryl/α,β-unsaturated/α-hetero) is 2. The Labute approximate surface area is 153 Å². The first-order chi connectivity index (χ1) is 12.2. The van der Waals surface area contributed by atoms with Crippen LogP contribution in [0.3, 0.4) is 0 Å². The maximum absolute atomic E-state index is 13.5. The first kappa shape index (κ1) is 16.0. The van der Waals surface area contributed by atoms with Crippen molar-refractivity contribution in [2.24, 2.45) is 11.3 Å². The molecule has 0 heterocycles. The summed E-state index contributed by atoms with van der Waals surface area (Å²) in [6.45, 7) is 7.62. The van der Waals surface area contributed by atoms with Crippen molar-refractivity contribution >= 4 is 11.6 Å². The van der Waals surface area contributed by atoms with Crippen LogP contribution in [-0.2, 0) is 20.4 Å². The van der Waals surface area contributed by atoms with Crippen molar-refractivity contribution in [3.8, 4) is 0 Å². The highest BCUT2D eigenvalue weighted by Gasteiger charge is 2.89. The van der Waals surface area contributed by atoms with Crippen LogP contribution in [0.25, 0.3) is 0 Å². The highest BCUT2D eigenvalue weighted by atomic mass is 16.3. The van der Waals surface area contributed by atoms with Gasteiger partial charge in [0.1, 0.15) is 6.10 Å². The minimum Gasteiger partial charge on any atom is -0.384 e. The van der Waals surface area contributed by atoms with Gasteiger partial charge in [-0.15, -0.1) is 0 Å². The Hall–Kier alpha value is -2.26. The Morgan fingerprint density at radius 1 is 0.846 bits per heavy atom. The number of carbonyl (C=O) groups is 2. The van der Waals surface area contributed by atoms with Crippen molar-refractivity contribution in [1.29, 1.82) is 0 Å². The third-order valence-electron chi connectivity index (χ3n) is 7.49. The molecule has 2 bridgehead atoms. The molecular formula is C23H22O3. The van der Waals surface area contributed by atoms with Crippen LogP contribution in [0.15, 0.2) is 42.5 Å². The van der Waals surface area contributed by atoms with E-state index in [1.807, 2.05) is 57.2 Å². The van der Waals surface area contributed by atoms with E-state index in [0.29, 0.717) is 0 Å². The molecule has 0 unspecified atom stereocenters. The van der Waals surface area contributed by atoms with Crippen molar-refractivity contribution in [3.05, 3.63) is 70.3 Å². The molecule has 2 saturated carbocycles. The quantitative estimate of drug-likeness (QED) is 0.864. The maximum Gasteiger partial charge on any atom is 0.170 e. The van der Waals surface area contributed by atoms with Gasteiger partial charge in [-0.2, -0.15) is 0 Å². The largest absolute Gasteiger partial charge is 0.384 e. The van der Waals surface area contributed by atoms with E-state index in [2.05, 4.69) is 6.07 Å². The number of carbonyl (C=O) groups excluding carboxylic acids is 2. The average molecular weight is 346 g/mol. The van der Waals surface area contributed by atoms with E-state index < -0.39 is 28.3 Å². The molecule has 3 aliphatic carbocycles. The lowest BCUT2D eigenvalue weighted by atomic mass is 9.62. The molecule has 26 heavy (non-hydrogen) atoms. The van der Waals surface area contributed by atoms with Gasteiger partial charge in [-0.05, 0) is 37.5 Å². The van der Waals surface area contributed by atoms with E-state index in [1.165, 1.54) is 0 Å². The van der Waals surface area contributed by atoms with Crippen LogP contribution in [0.4, 0.5) is 0 Å². The molecule has 2 aromatic carbocycles. The van der Waals surface area contributed by atoms with Crippen LogP contribution in [-0.4, -0.2) is 22.8 Å². The molecule has 0 radical (unpaired) electrons. The SMILES string of the molecule is Cc1ccc([C@@]23c4ccc(C)cc4[C@]4(C)C(=O)[C@@H]2[C@]3(C)C(=O)[C@@H]4O)cc1. The van der Waals surface area contributed by atoms with Gasteiger partial charge in [-0.25, -0.2) is 0 Å². The molecule has 3 heteroatoms. The Bertz CT molecular complexity index is 1000. The second-order valence-corrected chi connectivity index (χ2v) is 8.69. The number of benzene rings is 2. The molecular weight excluding hydrogens is 324 g/mol. The summed E-state index contributed by atoms with van der Waals surface area (Å²) >= 11 is 0. The second kappa shape index (κ2) is 4.34. The van der Waals surface area contributed by atoms with E-state index in [0.717, 1.165) is 27.8 Å². The number of aliphatic hydroxyl groups excluding tert-OH is 1. The van der Waals surface area contributed by atoms with Gasteiger partial charge >= 0.3 is 0 Å². The zero-order chi connectivity index (χ0) is 18.6. The standard InChI is InChI=1S/C23H22O3/c1-12-5-8-14(9-6-12)23-15-10-7-13(2)11-16(15)21(3)18(24)17(23)22(23,4)20(26)19(21)25/h5-11,17,19,25H,1-4H3/t17-,19+,21-,22-,23-/m1/s1. The van der Waals surface area contributed by atoms with Crippen LogP contribution >= 0.6 is 0 Å². The molecule has 5 atom stereocenters. The van der Waals surface area contributed by atoms with Crippen LogP contribution in [0.5, 0.6) is 0 Å². The number of hydrogen-bond acceptors (Lipinski definition) is 3. The van der Waals surface area contributed by atoms with E-state index in [-0.39, 0.29) is 11.6 Å². The summed E-state index contributed by atoms with van der Waals surface area (Å²) in [5.74, 6) is -0.585. The summed E-state index contributed by atoms with van der Waals surface area (Å²) in [6.07, 6.45) is -1.29. The maximum atomic E-state index is 13.5.